The van der Waals surface area contributed by atoms with E-state index in [1.54, 1.807) is 18.3 Å². The van der Waals surface area contributed by atoms with E-state index in [0.717, 1.165) is 11.1 Å². The molecular weight excluding hydrogens is 354 g/mol. The van der Waals surface area contributed by atoms with Crippen LogP contribution in [0.5, 0.6) is 5.75 Å². The van der Waals surface area contributed by atoms with Crippen molar-refractivity contribution in [3.8, 4) is 5.75 Å². The summed E-state index contributed by atoms with van der Waals surface area (Å²) >= 11 is 0. The zero-order chi connectivity index (χ0) is 20.1. The van der Waals surface area contributed by atoms with Gasteiger partial charge in [-0.1, -0.05) is 51.1 Å². The Balaban J connectivity index is 1.49. The summed E-state index contributed by atoms with van der Waals surface area (Å²) in [6.45, 7) is 7.06. The fourth-order valence-corrected chi connectivity index (χ4v) is 2.84. The maximum atomic E-state index is 12.4. The highest BCUT2D eigenvalue weighted by Gasteiger charge is 2.13. The molecule has 0 spiro atoms. The van der Waals surface area contributed by atoms with Crippen LogP contribution in [0, 0.1) is 0 Å². The molecule has 0 aliphatic carbocycles. The second-order valence-electron chi connectivity index (χ2n) is 7.67. The van der Waals surface area contributed by atoms with Crippen LogP contribution in [0.3, 0.4) is 0 Å². The van der Waals surface area contributed by atoms with Crippen LogP contribution < -0.4 is 15.6 Å². The van der Waals surface area contributed by atoms with E-state index in [1.165, 1.54) is 10.2 Å². The third-order valence-corrected chi connectivity index (χ3v) is 4.47. The Morgan fingerprint density at radius 3 is 2.54 bits per heavy atom. The van der Waals surface area contributed by atoms with Gasteiger partial charge in [-0.2, -0.15) is 5.10 Å². The molecule has 0 bridgehead atoms. The molecule has 0 aliphatic rings. The van der Waals surface area contributed by atoms with E-state index in [0.29, 0.717) is 18.5 Å². The summed E-state index contributed by atoms with van der Waals surface area (Å²) < 4.78 is 6.83. The van der Waals surface area contributed by atoms with Gasteiger partial charge in [0.25, 0.3) is 5.56 Å². The average Bonchev–Trinajstić information content (AvgIpc) is 2.67. The first-order chi connectivity index (χ1) is 13.3. The first kappa shape index (κ1) is 19.6. The Hall–Kier alpha value is -3.15. The zero-order valence-corrected chi connectivity index (χ0v) is 16.4. The molecule has 0 aliphatic heterocycles. The molecule has 6 nitrogen and oxygen atoms in total. The number of amides is 1. The van der Waals surface area contributed by atoms with Gasteiger partial charge in [-0.05, 0) is 29.2 Å². The third-order valence-electron chi connectivity index (χ3n) is 4.47. The van der Waals surface area contributed by atoms with E-state index in [9.17, 15) is 9.59 Å². The largest absolute Gasteiger partial charge is 0.492 e. The average molecular weight is 379 g/mol. The molecule has 0 radical (unpaired) electrons. The van der Waals surface area contributed by atoms with Crippen LogP contribution in [0.4, 0.5) is 0 Å². The van der Waals surface area contributed by atoms with Crippen molar-refractivity contribution in [1.29, 1.82) is 0 Å². The smallest absolute Gasteiger partial charge is 0.275 e. The molecule has 0 atom stereocenters. The fourth-order valence-electron chi connectivity index (χ4n) is 2.84. The highest BCUT2D eigenvalue weighted by atomic mass is 16.5. The van der Waals surface area contributed by atoms with E-state index < -0.39 is 0 Å². The summed E-state index contributed by atoms with van der Waals surface area (Å²) in [6, 6.07) is 15.1. The van der Waals surface area contributed by atoms with Gasteiger partial charge >= 0.3 is 0 Å². The van der Waals surface area contributed by atoms with Gasteiger partial charge in [0.05, 0.1) is 18.1 Å². The third kappa shape index (κ3) is 4.76. The van der Waals surface area contributed by atoms with Crippen molar-refractivity contribution in [3.63, 3.8) is 0 Å². The Bertz CT molecular complexity index is 1020. The molecule has 3 aromatic rings. The minimum atomic E-state index is -0.281. The standard InChI is InChI=1S/C22H25N3O3/c1-22(2,3)17-8-10-18(11-9-17)28-13-12-23-20(26)15-25-21(27)19-7-5-4-6-16(19)14-24-25/h4-11,14H,12-13,15H2,1-3H3,(H,23,26). The van der Waals surface area contributed by atoms with Gasteiger partial charge < -0.3 is 10.1 Å². The number of nitrogens with one attached hydrogen (secondary N) is 1. The Labute approximate surface area is 164 Å². The minimum Gasteiger partial charge on any atom is -0.492 e. The number of ether oxygens (including phenoxy) is 1. The lowest BCUT2D eigenvalue weighted by molar-refractivity contribution is -0.122. The highest BCUT2D eigenvalue weighted by Crippen LogP contribution is 2.24. The SMILES string of the molecule is CC(C)(C)c1ccc(OCCNC(=O)Cn2ncc3ccccc3c2=O)cc1. The number of aromatic nitrogens is 2. The normalized spacial score (nSPS) is 11.4. The van der Waals surface area contributed by atoms with Crippen LogP contribution in [0.1, 0.15) is 26.3 Å². The van der Waals surface area contributed by atoms with Crippen LogP contribution >= 0.6 is 0 Å². The summed E-state index contributed by atoms with van der Waals surface area (Å²) in [7, 11) is 0. The Morgan fingerprint density at radius 1 is 1.11 bits per heavy atom. The molecule has 0 saturated carbocycles. The molecule has 28 heavy (non-hydrogen) atoms. The topological polar surface area (TPSA) is 73.2 Å². The lowest BCUT2D eigenvalue weighted by atomic mass is 9.87. The predicted molar refractivity (Wildman–Crippen MR) is 110 cm³/mol. The van der Waals surface area contributed by atoms with Crippen molar-refractivity contribution < 1.29 is 9.53 Å². The maximum absolute atomic E-state index is 12.4. The molecule has 1 amide bonds. The summed E-state index contributed by atoms with van der Waals surface area (Å²) in [4.78, 5) is 24.5. The minimum absolute atomic E-state index is 0.0986. The molecule has 6 heteroatoms. The number of hydrogen-bond acceptors (Lipinski definition) is 4. The number of rotatable bonds is 6. The Kier molecular flexibility index (Phi) is 5.78. The number of hydrogen-bond donors (Lipinski definition) is 1. The maximum Gasteiger partial charge on any atom is 0.275 e. The van der Waals surface area contributed by atoms with Gasteiger partial charge in [0.1, 0.15) is 18.9 Å². The lowest BCUT2D eigenvalue weighted by Crippen LogP contribution is -2.35. The molecule has 1 N–H and O–H groups in total. The number of carbonyl (C=O) groups excluding carboxylic acids is 1. The monoisotopic (exact) mass is 379 g/mol. The molecule has 1 aromatic heterocycles. The Morgan fingerprint density at radius 2 is 1.82 bits per heavy atom. The predicted octanol–water partition coefficient (Wildman–Crippen LogP) is 2.89. The first-order valence-electron chi connectivity index (χ1n) is 9.29. The van der Waals surface area contributed by atoms with Gasteiger partial charge in [0, 0.05) is 5.39 Å². The molecule has 146 valence electrons. The van der Waals surface area contributed by atoms with Gasteiger partial charge in [0.2, 0.25) is 5.91 Å². The van der Waals surface area contributed by atoms with Crippen molar-refractivity contribution in [2.45, 2.75) is 32.7 Å². The van der Waals surface area contributed by atoms with Crippen molar-refractivity contribution in [2.24, 2.45) is 0 Å². The van der Waals surface area contributed by atoms with E-state index in [-0.39, 0.29) is 23.4 Å². The number of carbonyl (C=O) groups is 1. The molecule has 0 unspecified atom stereocenters. The van der Waals surface area contributed by atoms with Gasteiger partial charge in [-0.25, -0.2) is 4.68 Å². The van der Waals surface area contributed by atoms with Crippen molar-refractivity contribution in [1.82, 2.24) is 15.1 Å². The molecule has 0 saturated heterocycles. The molecular formula is C22H25N3O3. The van der Waals surface area contributed by atoms with Gasteiger partial charge in [0.15, 0.2) is 0 Å². The van der Waals surface area contributed by atoms with E-state index in [4.69, 9.17) is 4.74 Å². The fraction of sp³-hybridized carbons (Fsp3) is 0.318. The quantitative estimate of drug-likeness (QED) is 0.669. The van der Waals surface area contributed by atoms with Crippen LogP contribution in [0.25, 0.3) is 10.8 Å². The zero-order valence-electron chi connectivity index (χ0n) is 16.4. The summed E-state index contributed by atoms with van der Waals surface area (Å²) in [5.74, 6) is 0.478. The van der Waals surface area contributed by atoms with Crippen molar-refractivity contribution in [2.75, 3.05) is 13.2 Å². The summed E-state index contributed by atoms with van der Waals surface area (Å²) in [6.07, 6.45) is 1.59. The van der Waals surface area contributed by atoms with E-state index in [1.807, 2.05) is 36.4 Å². The second-order valence-corrected chi connectivity index (χ2v) is 7.67. The number of fused-ring (bicyclic) bond motifs is 1. The van der Waals surface area contributed by atoms with Crippen LogP contribution in [0.2, 0.25) is 0 Å². The second kappa shape index (κ2) is 8.25. The lowest BCUT2D eigenvalue weighted by Gasteiger charge is -2.19. The van der Waals surface area contributed by atoms with Crippen molar-refractivity contribution in [3.05, 3.63) is 70.6 Å². The number of nitrogens with zero attached hydrogens (tertiary/aromatic N) is 2. The summed E-state index contributed by atoms with van der Waals surface area (Å²) in [5, 5.41) is 8.12. The van der Waals surface area contributed by atoms with Crippen LogP contribution in [0.15, 0.2) is 59.5 Å². The highest BCUT2D eigenvalue weighted by molar-refractivity contribution is 5.81. The van der Waals surface area contributed by atoms with Crippen LogP contribution in [-0.4, -0.2) is 28.8 Å². The summed E-state index contributed by atoms with van der Waals surface area (Å²) in [5.41, 5.74) is 1.06. The molecule has 3 rings (SSSR count). The van der Waals surface area contributed by atoms with Gasteiger partial charge in [-0.15, -0.1) is 0 Å². The number of benzene rings is 2. The van der Waals surface area contributed by atoms with Gasteiger partial charge in [-0.3, -0.25) is 9.59 Å². The molecule has 2 aromatic carbocycles. The molecule has 0 fully saturated rings. The van der Waals surface area contributed by atoms with E-state index in [2.05, 4.69) is 31.2 Å². The van der Waals surface area contributed by atoms with Crippen molar-refractivity contribution >= 4 is 16.7 Å². The molecule has 1 heterocycles. The van der Waals surface area contributed by atoms with E-state index >= 15 is 0 Å². The first-order valence-corrected chi connectivity index (χ1v) is 9.29. The van der Waals surface area contributed by atoms with Crippen LogP contribution in [-0.2, 0) is 16.8 Å².